The Balaban J connectivity index is 1.90. The van der Waals surface area contributed by atoms with Crippen LogP contribution in [0, 0.1) is 12.5 Å². The van der Waals surface area contributed by atoms with Gasteiger partial charge in [0.25, 0.3) is 0 Å². The van der Waals surface area contributed by atoms with Crippen molar-refractivity contribution in [2.75, 3.05) is 6.61 Å². The van der Waals surface area contributed by atoms with Gasteiger partial charge in [0, 0.05) is 10.8 Å². The van der Waals surface area contributed by atoms with E-state index in [1.807, 2.05) is 6.61 Å². The molecule has 1 aromatic rings. The van der Waals surface area contributed by atoms with Gasteiger partial charge in [-0.15, -0.1) is 11.3 Å². The van der Waals surface area contributed by atoms with Gasteiger partial charge in [-0.2, -0.15) is 0 Å². The Kier molecular flexibility index (Phi) is 1.91. The summed E-state index contributed by atoms with van der Waals surface area (Å²) < 4.78 is 5.51. The van der Waals surface area contributed by atoms with Crippen molar-refractivity contribution in [3.63, 3.8) is 0 Å². The van der Waals surface area contributed by atoms with Gasteiger partial charge in [0.15, 0.2) is 0 Å². The van der Waals surface area contributed by atoms with E-state index in [2.05, 4.69) is 11.4 Å². The van der Waals surface area contributed by atoms with E-state index < -0.39 is 0 Å². The summed E-state index contributed by atoms with van der Waals surface area (Å²) in [5, 5.41) is 2.18. The molecule has 1 radical (unpaired) electrons. The Morgan fingerprint density at radius 2 is 2.31 bits per heavy atom. The molecule has 0 bridgehead atoms. The summed E-state index contributed by atoms with van der Waals surface area (Å²) in [6.45, 7) is 2.84. The zero-order valence-corrected chi connectivity index (χ0v) is 8.35. The summed E-state index contributed by atoms with van der Waals surface area (Å²) in [4.78, 5) is 1.35. The lowest BCUT2D eigenvalue weighted by Gasteiger charge is -2.35. The van der Waals surface area contributed by atoms with Gasteiger partial charge in [-0.3, -0.25) is 0 Å². The molecule has 0 saturated heterocycles. The molecule has 1 unspecified atom stereocenters. The second kappa shape index (κ2) is 3.10. The normalized spacial score (nSPS) is 28.2. The Labute approximate surface area is 82.7 Å². The number of ether oxygens (including phenoxy) is 1. The Morgan fingerprint density at radius 1 is 1.38 bits per heavy atom. The van der Waals surface area contributed by atoms with Crippen molar-refractivity contribution >= 4 is 11.3 Å². The quantitative estimate of drug-likeness (QED) is 0.665. The van der Waals surface area contributed by atoms with E-state index in [1.165, 1.54) is 24.1 Å². The molecule has 1 aliphatic carbocycles. The van der Waals surface area contributed by atoms with Crippen molar-refractivity contribution < 1.29 is 4.74 Å². The van der Waals surface area contributed by atoms with Crippen LogP contribution in [0.3, 0.4) is 0 Å². The summed E-state index contributed by atoms with van der Waals surface area (Å²) in [6.07, 6.45) is 4.23. The molecule has 2 aliphatic rings. The molecule has 1 atom stereocenters. The van der Waals surface area contributed by atoms with E-state index in [4.69, 9.17) is 4.74 Å². The molecule has 2 heterocycles. The second-order valence-corrected chi connectivity index (χ2v) is 4.94. The van der Waals surface area contributed by atoms with Crippen molar-refractivity contribution in [1.82, 2.24) is 0 Å². The van der Waals surface area contributed by atoms with Gasteiger partial charge in [0.2, 0.25) is 0 Å². The molecule has 0 aromatic carbocycles. The molecular weight excluding hydrogens is 180 g/mol. The van der Waals surface area contributed by atoms with Crippen LogP contribution < -0.4 is 0 Å². The SMILES string of the molecule is [CH]1OCC(C2CCC2)c2ccsc21. The maximum absolute atomic E-state index is 5.51. The van der Waals surface area contributed by atoms with Crippen LogP contribution in [0.4, 0.5) is 0 Å². The lowest BCUT2D eigenvalue weighted by atomic mass is 9.73. The molecule has 1 aromatic heterocycles. The molecule has 0 amide bonds. The highest BCUT2D eigenvalue weighted by molar-refractivity contribution is 7.10. The van der Waals surface area contributed by atoms with Gasteiger partial charge in [-0.05, 0) is 35.8 Å². The minimum absolute atomic E-state index is 0.694. The largest absolute Gasteiger partial charge is 0.369 e. The first-order chi connectivity index (χ1) is 6.45. The Bertz CT molecular complexity index is 301. The third kappa shape index (κ3) is 1.24. The highest BCUT2D eigenvalue weighted by atomic mass is 32.1. The van der Waals surface area contributed by atoms with Crippen LogP contribution in [0.25, 0.3) is 0 Å². The number of fused-ring (bicyclic) bond motifs is 1. The van der Waals surface area contributed by atoms with E-state index in [0.29, 0.717) is 5.92 Å². The van der Waals surface area contributed by atoms with Crippen molar-refractivity contribution in [2.24, 2.45) is 5.92 Å². The first kappa shape index (κ1) is 8.01. The average molecular weight is 193 g/mol. The molecule has 3 rings (SSSR count). The molecule has 1 aliphatic heterocycles. The number of hydrogen-bond donors (Lipinski definition) is 0. The van der Waals surface area contributed by atoms with Crippen LogP contribution in [0.15, 0.2) is 11.4 Å². The molecular formula is C11H13OS. The lowest BCUT2D eigenvalue weighted by Crippen LogP contribution is -2.26. The van der Waals surface area contributed by atoms with Gasteiger partial charge in [0.05, 0.1) is 6.61 Å². The molecule has 69 valence electrons. The van der Waals surface area contributed by atoms with Crippen LogP contribution in [0.1, 0.15) is 35.6 Å². The monoisotopic (exact) mass is 193 g/mol. The summed E-state index contributed by atoms with van der Waals surface area (Å²) in [6, 6.07) is 2.28. The fourth-order valence-corrected chi connectivity index (χ4v) is 3.12. The summed E-state index contributed by atoms with van der Waals surface area (Å²) >= 11 is 1.80. The number of rotatable bonds is 1. The van der Waals surface area contributed by atoms with Crippen LogP contribution in [0.5, 0.6) is 0 Å². The number of thiophene rings is 1. The van der Waals surface area contributed by atoms with E-state index in [1.54, 1.807) is 16.9 Å². The minimum Gasteiger partial charge on any atom is -0.369 e. The van der Waals surface area contributed by atoms with Crippen LogP contribution in [0.2, 0.25) is 0 Å². The zero-order chi connectivity index (χ0) is 8.67. The standard InChI is InChI=1S/C11H13OS/c1-2-8(3-1)10-6-12-7-11-9(10)4-5-13-11/h4-5,7-8,10H,1-3,6H2. The summed E-state index contributed by atoms with van der Waals surface area (Å²) in [7, 11) is 0. The van der Waals surface area contributed by atoms with E-state index in [-0.39, 0.29) is 0 Å². The fraction of sp³-hybridized carbons (Fsp3) is 0.545. The highest BCUT2D eigenvalue weighted by Crippen LogP contribution is 2.44. The second-order valence-electron chi connectivity index (χ2n) is 3.99. The van der Waals surface area contributed by atoms with E-state index in [9.17, 15) is 0 Å². The summed E-state index contributed by atoms with van der Waals surface area (Å²) in [5.41, 5.74) is 1.54. The van der Waals surface area contributed by atoms with Crippen LogP contribution >= 0.6 is 11.3 Å². The van der Waals surface area contributed by atoms with Gasteiger partial charge < -0.3 is 4.74 Å². The van der Waals surface area contributed by atoms with Crippen molar-refractivity contribution in [2.45, 2.75) is 25.2 Å². The Hall–Kier alpha value is -0.340. The maximum Gasteiger partial charge on any atom is 0.123 e. The summed E-state index contributed by atoms with van der Waals surface area (Å²) in [5.74, 6) is 1.60. The first-order valence-corrected chi connectivity index (χ1v) is 5.85. The molecule has 1 fully saturated rings. The lowest BCUT2D eigenvalue weighted by molar-refractivity contribution is 0.124. The first-order valence-electron chi connectivity index (χ1n) is 4.97. The smallest absolute Gasteiger partial charge is 0.123 e. The van der Waals surface area contributed by atoms with Crippen molar-refractivity contribution in [3.8, 4) is 0 Å². The van der Waals surface area contributed by atoms with E-state index >= 15 is 0 Å². The average Bonchev–Trinajstić information content (AvgIpc) is 2.49. The fourth-order valence-electron chi connectivity index (χ4n) is 2.28. The van der Waals surface area contributed by atoms with E-state index in [0.717, 1.165) is 12.5 Å². The molecule has 1 nitrogen and oxygen atoms in total. The van der Waals surface area contributed by atoms with Crippen molar-refractivity contribution in [1.29, 1.82) is 0 Å². The van der Waals surface area contributed by atoms with Crippen molar-refractivity contribution in [3.05, 3.63) is 28.5 Å². The molecule has 13 heavy (non-hydrogen) atoms. The van der Waals surface area contributed by atoms with Gasteiger partial charge >= 0.3 is 0 Å². The molecule has 2 heteroatoms. The Morgan fingerprint density at radius 3 is 3.08 bits per heavy atom. The molecule has 1 saturated carbocycles. The predicted octanol–water partition coefficient (Wildman–Crippen LogP) is 3.17. The zero-order valence-electron chi connectivity index (χ0n) is 7.53. The third-order valence-electron chi connectivity index (χ3n) is 3.31. The highest BCUT2D eigenvalue weighted by Gasteiger charge is 2.32. The predicted molar refractivity (Wildman–Crippen MR) is 53.8 cm³/mol. The van der Waals surface area contributed by atoms with Gasteiger partial charge in [0.1, 0.15) is 6.61 Å². The van der Waals surface area contributed by atoms with Gasteiger partial charge in [-0.1, -0.05) is 6.42 Å². The molecule has 0 spiro atoms. The number of hydrogen-bond acceptors (Lipinski definition) is 2. The van der Waals surface area contributed by atoms with Crippen LogP contribution in [-0.4, -0.2) is 6.61 Å². The molecule has 0 N–H and O–H groups in total. The maximum atomic E-state index is 5.51. The third-order valence-corrected chi connectivity index (χ3v) is 4.17. The van der Waals surface area contributed by atoms with Gasteiger partial charge in [-0.25, -0.2) is 0 Å². The van der Waals surface area contributed by atoms with Crippen LogP contribution in [-0.2, 0) is 4.74 Å². The topological polar surface area (TPSA) is 9.23 Å². The minimum atomic E-state index is 0.694.